The Morgan fingerprint density at radius 3 is 3.18 bits per heavy atom. The standard InChI is InChI=1S/C13H17N3O/c1-9-11(7-10-4-5-14-8-10)15-13-12(17)3-2-6-16(9)13/h2-3,6,10,14,17H,4-5,7-8H2,1H3. The fourth-order valence-electron chi connectivity index (χ4n) is 2.57. The zero-order chi connectivity index (χ0) is 11.8. The molecular weight excluding hydrogens is 214 g/mol. The summed E-state index contributed by atoms with van der Waals surface area (Å²) < 4.78 is 1.97. The maximum atomic E-state index is 9.77. The van der Waals surface area contributed by atoms with Crippen molar-refractivity contribution in [2.75, 3.05) is 13.1 Å². The van der Waals surface area contributed by atoms with Crippen molar-refractivity contribution >= 4 is 5.65 Å². The SMILES string of the molecule is Cc1c(CC2CCNC2)nc2c(O)cccn12. The Labute approximate surface area is 100 Å². The highest BCUT2D eigenvalue weighted by atomic mass is 16.3. The van der Waals surface area contributed by atoms with Crippen LogP contribution in [0.4, 0.5) is 0 Å². The maximum absolute atomic E-state index is 9.77. The highest BCUT2D eigenvalue weighted by Crippen LogP contribution is 2.23. The van der Waals surface area contributed by atoms with Crippen LogP contribution < -0.4 is 5.32 Å². The van der Waals surface area contributed by atoms with Gasteiger partial charge in [-0.15, -0.1) is 0 Å². The van der Waals surface area contributed by atoms with Crippen LogP contribution in [0.1, 0.15) is 17.8 Å². The van der Waals surface area contributed by atoms with E-state index in [1.807, 2.05) is 16.7 Å². The molecule has 1 unspecified atom stereocenters. The van der Waals surface area contributed by atoms with Gasteiger partial charge in [-0.25, -0.2) is 4.98 Å². The summed E-state index contributed by atoms with van der Waals surface area (Å²) in [5.74, 6) is 0.937. The molecule has 2 aromatic heterocycles. The van der Waals surface area contributed by atoms with Gasteiger partial charge >= 0.3 is 0 Å². The van der Waals surface area contributed by atoms with E-state index >= 15 is 0 Å². The largest absolute Gasteiger partial charge is 0.504 e. The van der Waals surface area contributed by atoms with Gasteiger partial charge in [-0.2, -0.15) is 0 Å². The number of fused-ring (bicyclic) bond motifs is 1. The Kier molecular flexibility index (Phi) is 2.52. The van der Waals surface area contributed by atoms with Crippen LogP contribution in [0.2, 0.25) is 0 Å². The fourth-order valence-corrected chi connectivity index (χ4v) is 2.57. The maximum Gasteiger partial charge on any atom is 0.179 e. The summed E-state index contributed by atoms with van der Waals surface area (Å²) in [5, 5.41) is 13.1. The molecule has 3 heterocycles. The molecule has 1 aliphatic heterocycles. The highest BCUT2D eigenvalue weighted by molar-refractivity contribution is 5.55. The third kappa shape index (κ3) is 1.78. The number of hydrogen-bond donors (Lipinski definition) is 2. The summed E-state index contributed by atoms with van der Waals surface area (Å²) in [4.78, 5) is 4.56. The first-order valence-corrected chi connectivity index (χ1v) is 6.12. The molecule has 1 atom stereocenters. The second kappa shape index (κ2) is 4.04. The van der Waals surface area contributed by atoms with E-state index in [0.29, 0.717) is 11.6 Å². The van der Waals surface area contributed by atoms with E-state index in [1.165, 1.54) is 6.42 Å². The molecule has 1 saturated heterocycles. The van der Waals surface area contributed by atoms with Gasteiger partial charge in [0.25, 0.3) is 0 Å². The molecule has 1 fully saturated rings. The predicted molar refractivity (Wildman–Crippen MR) is 66.3 cm³/mol. The molecule has 90 valence electrons. The molecule has 17 heavy (non-hydrogen) atoms. The molecule has 0 aliphatic carbocycles. The lowest BCUT2D eigenvalue weighted by atomic mass is 10.0. The second-order valence-electron chi connectivity index (χ2n) is 4.79. The van der Waals surface area contributed by atoms with Crippen LogP contribution in [0.15, 0.2) is 18.3 Å². The zero-order valence-corrected chi connectivity index (χ0v) is 9.98. The molecule has 0 saturated carbocycles. The van der Waals surface area contributed by atoms with Crippen LogP contribution in [0.3, 0.4) is 0 Å². The molecule has 0 amide bonds. The highest BCUT2D eigenvalue weighted by Gasteiger charge is 2.19. The topological polar surface area (TPSA) is 49.6 Å². The van der Waals surface area contributed by atoms with Gasteiger partial charge in [-0.3, -0.25) is 0 Å². The van der Waals surface area contributed by atoms with Gasteiger partial charge in [0.1, 0.15) is 0 Å². The van der Waals surface area contributed by atoms with Crippen LogP contribution in [-0.4, -0.2) is 27.6 Å². The summed E-state index contributed by atoms with van der Waals surface area (Å²) >= 11 is 0. The van der Waals surface area contributed by atoms with Crippen molar-refractivity contribution in [1.29, 1.82) is 0 Å². The molecule has 2 aromatic rings. The van der Waals surface area contributed by atoms with Gasteiger partial charge in [0.15, 0.2) is 11.4 Å². The van der Waals surface area contributed by atoms with Gasteiger partial charge < -0.3 is 14.8 Å². The summed E-state index contributed by atoms with van der Waals surface area (Å²) in [5.41, 5.74) is 2.92. The molecule has 0 radical (unpaired) electrons. The van der Waals surface area contributed by atoms with Crippen molar-refractivity contribution in [1.82, 2.24) is 14.7 Å². The van der Waals surface area contributed by atoms with Gasteiger partial charge in [0, 0.05) is 11.9 Å². The summed E-state index contributed by atoms with van der Waals surface area (Å²) in [6.45, 7) is 4.26. The van der Waals surface area contributed by atoms with Crippen molar-refractivity contribution in [3.05, 3.63) is 29.7 Å². The van der Waals surface area contributed by atoms with Crippen LogP contribution in [0.25, 0.3) is 5.65 Å². The molecule has 0 bridgehead atoms. The van der Waals surface area contributed by atoms with Gasteiger partial charge in [0.05, 0.1) is 5.69 Å². The summed E-state index contributed by atoms with van der Waals surface area (Å²) in [7, 11) is 0. The molecule has 0 spiro atoms. The van der Waals surface area contributed by atoms with Crippen LogP contribution in [-0.2, 0) is 6.42 Å². The van der Waals surface area contributed by atoms with E-state index in [1.54, 1.807) is 6.07 Å². The third-order valence-electron chi connectivity index (χ3n) is 3.61. The Hall–Kier alpha value is -1.55. The summed E-state index contributed by atoms with van der Waals surface area (Å²) in [6, 6.07) is 3.53. The lowest BCUT2D eigenvalue weighted by molar-refractivity contribution is 0.477. The predicted octanol–water partition coefficient (Wildman–Crippen LogP) is 1.50. The minimum Gasteiger partial charge on any atom is -0.504 e. The molecule has 2 N–H and O–H groups in total. The number of aryl methyl sites for hydroxylation is 1. The molecule has 0 aromatic carbocycles. The van der Waals surface area contributed by atoms with Crippen LogP contribution >= 0.6 is 0 Å². The van der Waals surface area contributed by atoms with E-state index in [0.717, 1.165) is 30.9 Å². The quantitative estimate of drug-likeness (QED) is 0.823. The van der Waals surface area contributed by atoms with Gasteiger partial charge in [-0.05, 0) is 50.9 Å². The van der Waals surface area contributed by atoms with E-state index < -0.39 is 0 Å². The van der Waals surface area contributed by atoms with E-state index in [4.69, 9.17) is 0 Å². The number of aromatic nitrogens is 2. The molecule has 1 aliphatic rings. The fraction of sp³-hybridized carbons (Fsp3) is 0.462. The Morgan fingerprint density at radius 1 is 1.59 bits per heavy atom. The van der Waals surface area contributed by atoms with Crippen molar-refractivity contribution < 1.29 is 5.11 Å². The molecular formula is C13H17N3O. The molecule has 3 rings (SSSR count). The number of aromatic hydroxyl groups is 1. The number of hydrogen-bond acceptors (Lipinski definition) is 3. The summed E-state index contributed by atoms with van der Waals surface area (Å²) in [6.07, 6.45) is 4.17. The Balaban J connectivity index is 1.99. The smallest absolute Gasteiger partial charge is 0.179 e. The van der Waals surface area contributed by atoms with Crippen molar-refractivity contribution in [2.45, 2.75) is 19.8 Å². The molecule has 4 heteroatoms. The first-order chi connectivity index (χ1) is 8.25. The average Bonchev–Trinajstić information content (AvgIpc) is 2.92. The average molecular weight is 231 g/mol. The van der Waals surface area contributed by atoms with Crippen LogP contribution in [0, 0.1) is 12.8 Å². The van der Waals surface area contributed by atoms with Gasteiger partial charge in [0.2, 0.25) is 0 Å². The van der Waals surface area contributed by atoms with Crippen molar-refractivity contribution in [3.8, 4) is 5.75 Å². The van der Waals surface area contributed by atoms with E-state index in [9.17, 15) is 5.11 Å². The number of pyridine rings is 1. The van der Waals surface area contributed by atoms with E-state index in [2.05, 4.69) is 17.2 Å². The first kappa shape index (κ1) is 10.6. The number of imidazole rings is 1. The minimum atomic E-state index is 0.256. The second-order valence-corrected chi connectivity index (χ2v) is 4.79. The first-order valence-electron chi connectivity index (χ1n) is 6.12. The van der Waals surface area contributed by atoms with Crippen molar-refractivity contribution in [3.63, 3.8) is 0 Å². The third-order valence-corrected chi connectivity index (χ3v) is 3.61. The minimum absolute atomic E-state index is 0.256. The number of rotatable bonds is 2. The number of nitrogens with zero attached hydrogens (tertiary/aromatic N) is 2. The Bertz CT molecular complexity index is 541. The monoisotopic (exact) mass is 231 g/mol. The molecule has 4 nitrogen and oxygen atoms in total. The lowest BCUT2D eigenvalue weighted by Gasteiger charge is -2.05. The lowest BCUT2D eigenvalue weighted by Crippen LogP contribution is -2.11. The van der Waals surface area contributed by atoms with Crippen molar-refractivity contribution in [2.24, 2.45) is 5.92 Å². The zero-order valence-electron chi connectivity index (χ0n) is 9.98. The number of nitrogens with one attached hydrogen (secondary N) is 1. The van der Waals surface area contributed by atoms with Crippen LogP contribution in [0.5, 0.6) is 5.75 Å². The van der Waals surface area contributed by atoms with E-state index in [-0.39, 0.29) is 5.75 Å². The normalized spacial score (nSPS) is 20.2. The Morgan fingerprint density at radius 2 is 2.47 bits per heavy atom. The van der Waals surface area contributed by atoms with Gasteiger partial charge in [-0.1, -0.05) is 0 Å².